The summed E-state index contributed by atoms with van der Waals surface area (Å²) in [4.78, 5) is 0. The van der Waals surface area contributed by atoms with Crippen molar-refractivity contribution < 1.29 is 4.39 Å². The first kappa shape index (κ1) is 13.1. The number of unbranched alkanes of at least 4 members (excludes halogenated alkanes) is 1. The van der Waals surface area contributed by atoms with Gasteiger partial charge in [-0.2, -0.15) is 0 Å². The molecule has 0 N–H and O–H groups in total. The molecule has 2 rings (SSSR count). The van der Waals surface area contributed by atoms with E-state index in [-0.39, 0.29) is 5.82 Å². The first-order valence-electron chi connectivity index (χ1n) is 6.04. The minimum Gasteiger partial charge on any atom is -0.207 e. The predicted octanol–water partition coefficient (Wildman–Crippen LogP) is 4.86. The Morgan fingerprint density at radius 1 is 0.889 bits per heavy atom. The molecule has 0 aliphatic carbocycles. The molecule has 0 unspecified atom stereocenters. The SMILES string of the molecule is Fc1ccc(CC[CH]Cc2ccc(Cl)cc2)cc1. The predicted molar refractivity (Wildman–Crippen MR) is 74.2 cm³/mol. The summed E-state index contributed by atoms with van der Waals surface area (Å²) in [5.41, 5.74) is 2.43. The van der Waals surface area contributed by atoms with E-state index in [1.54, 1.807) is 0 Å². The van der Waals surface area contributed by atoms with Crippen LogP contribution in [0, 0.1) is 12.2 Å². The Morgan fingerprint density at radius 2 is 1.50 bits per heavy atom. The summed E-state index contributed by atoms with van der Waals surface area (Å²) in [7, 11) is 0. The Labute approximate surface area is 112 Å². The van der Waals surface area contributed by atoms with Crippen molar-refractivity contribution in [2.24, 2.45) is 0 Å². The fourth-order valence-corrected chi connectivity index (χ4v) is 1.94. The standard InChI is InChI=1S/C16H15ClF/c17-15-9-5-13(6-10-15)3-1-2-4-14-7-11-16(18)12-8-14/h1,5-12H,2-4H2. The Kier molecular flexibility index (Phi) is 4.77. The summed E-state index contributed by atoms with van der Waals surface area (Å²) in [6.45, 7) is 0. The number of halogens is 2. The van der Waals surface area contributed by atoms with Crippen LogP contribution in [0.1, 0.15) is 17.5 Å². The topological polar surface area (TPSA) is 0 Å². The highest BCUT2D eigenvalue weighted by Crippen LogP contribution is 2.12. The molecule has 0 aliphatic heterocycles. The molecule has 2 aromatic carbocycles. The summed E-state index contributed by atoms with van der Waals surface area (Å²) < 4.78 is 12.7. The number of hydrogen-bond acceptors (Lipinski definition) is 0. The van der Waals surface area contributed by atoms with Crippen LogP contribution in [0.3, 0.4) is 0 Å². The molecule has 2 heteroatoms. The molecule has 1 radical (unpaired) electrons. The second-order valence-corrected chi connectivity index (χ2v) is 4.72. The van der Waals surface area contributed by atoms with Gasteiger partial charge in [0.2, 0.25) is 0 Å². The summed E-state index contributed by atoms with van der Waals surface area (Å²) in [5, 5.41) is 0.769. The van der Waals surface area contributed by atoms with Crippen molar-refractivity contribution in [2.75, 3.05) is 0 Å². The molecule has 93 valence electrons. The van der Waals surface area contributed by atoms with E-state index >= 15 is 0 Å². The third-order valence-electron chi connectivity index (χ3n) is 2.84. The molecule has 0 aromatic heterocycles. The molecular formula is C16H15ClF. The van der Waals surface area contributed by atoms with Crippen molar-refractivity contribution in [1.29, 1.82) is 0 Å². The summed E-state index contributed by atoms with van der Waals surface area (Å²) in [6.07, 6.45) is 5.13. The summed E-state index contributed by atoms with van der Waals surface area (Å²) in [5.74, 6) is -0.177. The van der Waals surface area contributed by atoms with E-state index in [0.29, 0.717) is 0 Å². The van der Waals surface area contributed by atoms with Gasteiger partial charge >= 0.3 is 0 Å². The van der Waals surface area contributed by atoms with Gasteiger partial charge in [0.1, 0.15) is 5.82 Å². The highest BCUT2D eigenvalue weighted by Gasteiger charge is 1.97. The Hall–Kier alpha value is -1.34. The lowest BCUT2D eigenvalue weighted by Crippen LogP contribution is -1.90. The lowest BCUT2D eigenvalue weighted by atomic mass is 10.0. The number of rotatable bonds is 5. The smallest absolute Gasteiger partial charge is 0.123 e. The van der Waals surface area contributed by atoms with Crippen LogP contribution >= 0.6 is 11.6 Å². The van der Waals surface area contributed by atoms with Gasteiger partial charge in [0.15, 0.2) is 0 Å². The van der Waals surface area contributed by atoms with Gasteiger partial charge in [-0.3, -0.25) is 0 Å². The molecule has 0 amide bonds. The number of benzene rings is 2. The first-order valence-corrected chi connectivity index (χ1v) is 6.42. The van der Waals surface area contributed by atoms with Crippen molar-refractivity contribution in [1.82, 2.24) is 0 Å². The van der Waals surface area contributed by atoms with E-state index in [9.17, 15) is 4.39 Å². The maximum atomic E-state index is 12.7. The number of aryl methyl sites for hydroxylation is 1. The van der Waals surface area contributed by atoms with Crippen LogP contribution in [0.25, 0.3) is 0 Å². The van der Waals surface area contributed by atoms with E-state index < -0.39 is 0 Å². The zero-order valence-electron chi connectivity index (χ0n) is 10.1. The van der Waals surface area contributed by atoms with Crippen molar-refractivity contribution in [3.05, 3.63) is 76.9 Å². The van der Waals surface area contributed by atoms with E-state index in [1.807, 2.05) is 36.4 Å². The van der Waals surface area contributed by atoms with Gasteiger partial charge in [-0.05, 0) is 61.1 Å². The van der Waals surface area contributed by atoms with E-state index in [4.69, 9.17) is 11.6 Å². The molecule has 0 saturated carbocycles. The van der Waals surface area contributed by atoms with Crippen LogP contribution in [0.2, 0.25) is 5.02 Å². The largest absolute Gasteiger partial charge is 0.207 e. The Bertz CT molecular complexity index is 426. The normalized spacial score (nSPS) is 10.6. The van der Waals surface area contributed by atoms with Gasteiger partial charge in [0, 0.05) is 5.02 Å². The molecule has 0 spiro atoms. The average molecular weight is 262 g/mol. The maximum Gasteiger partial charge on any atom is 0.123 e. The van der Waals surface area contributed by atoms with Crippen LogP contribution in [0.15, 0.2) is 48.5 Å². The molecule has 0 bridgehead atoms. The van der Waals surface area contributed by atoms with Crippen LogP contribution in [-0.2, 0) is 12.8 Å². The van der Waals surface area contributed by atoms with Crippen LogP contribution in [0.5, 0.6) is 0 Å². The molecule has 2 aromatic rings. The van der Waals surface area contributed by atoms with Crippen LogP contribution in [-0.4, -0.2) is 0 Å². The molecule has 0 saturated heterocycles. The summed E-state index contributed by atoms with van der Waals surface area (Å²) in [6, 6.07) is 14.6. The zero-order valence-corrected chi connectivity index (χ0v) is 10.8. The minimum absolute atomic E-state index is 0.177. The van der Waals surface area contributed by atoms with E-state index in [1.165, 1.54) is 23.3 Å². The van der Waals surface area contributed by atoms with Crippen molar-refractivity contribution in [3.8, 4) is 0 Å². The highest BCUT2D eigenvalue weighted by atomic mass is 35.5. The molecular weight excluding hydrogens is 247 g/mol. The molecule has 0 nitrogen and oxygen atoms in total. The van der Waals surface area contributed by atoms with Crippen molar-refractivity contribution in [2.45, 2.75) is 19.3 Å². The van der Waals surface area contributed by atoms with Crippen LogP contribution < -0.4 is 0 Å². The zero-order chi connectivity index (χ0) is 12.8. The molecule has 0 aliphatic rings. The van der Waals surface area contributed by atoms with Gasteiger partial charge < -0.3 is 0 Å². The van der Waals surface area contributed by atoms with Gasteiger partial charge in [0.25, 0.3) is 0 Å². The second-order valence-electron chi connectivity index (χ2n) is 4.28. The quantitative estimate of drug-likeness (QED) is 0.675. The molecule has 0 atom stereocenters. The average Bonchev–Trinajstić information content (AvgIpc) is 2.39. The third-order valence-corrected chi connectivity index (χ3v) is 3.10. The number of hydrogen-bond donors (Lipinski definition) is 0. The van der Waals surface area contributed by atoms with Gasteiger partial charge in [0.05, 0.1) is 0 Å². The van der Waals surface area contributed by atoms with Crippen molar-refractivity contribution in [3.63, 3.8) is 0 Å². The van der Waals surface area contributed by atoms with Gasteiger partial charge in [-0.15, -0.1) is 0 Å². The van der Waals surface area contributed by atoms with Crippen LogP contribution in [0.4, 0.5) is 4.39 Å². The van der Waals surface area contributed by atoms with Gasteiger partial charge in [-0.25, -0.2) is 4.39 Å². The first-order chi connectivity index (χ1) is 8.74. The second kappa shape index (κ2) is 6.55. The fraction of sp³-hybridized carbons (Fsp3) is 0.188. The van der Waals surface area contributed by atoms with Crippen molar-refractivity contribution >= 4 is 11.6 Å². The highest BCUT2D eigenvalue weighted by molar-refractivity contribution is 6.30. The van der Waals surface area contributed by atoms with E-state index in [0.717, 1.165) is 24.3 Å². The maximum absolute atomic E-state index is 12.7. The lowest BCUT2D eigenvalue weighted by Gasteiger charge is -2.02. The third kappa shape index (κ3) is 4.15. The van der Waals surface area contributed by atoms with Gasteiger partial charge in [-0.1, -0.05) is 35.9 Å². The van der Waals surface area contributed by atoms with E-state index in [2.05, 4.69) is 6.42 Å². The Balaban J connectivity index is 1.73. The molecule has 18 heavy (non-hydrogen) atoms. The fourth-order valence-electron chi connectivity index (χ4n) is 1.81. The lowest BCUT2D eigenvalue weighted by molar-refractivity contribution is 0.627. The molecule has 0 fully saturated rings. The molecule has 0 heterocycles. The minimum atomic E-state index is -0.177. The summed E-state index contributed by atoms with van der Waals surface area (Å²) >= 11 is 5.82. The Morgan fingerprint density at radius 3 is 2.17 bits per heavy atom. The monoisotopic (exact) mass is 261 g/mol.